The van der Waals surface area contributed by atoms with Crippen molar-refractivity contribution < 1.29 is 9.59 Å². The molecule has 24 heavy (non-hydrogen) atoms. The summed E-state index contributed by atoms with van der Waals surface area (Å²) in [6, 6.07) is 7.86. The summed E-state index contributed by atoms with van der Waals surface area (Å²) >= 11 is 2.96. The van der Waals surface area contributed by atoms with E-state index in [0.717, 1.165) is 15.6 Å². The zero-order chi connectivity index (χ0) is 17.3. The molecule has 126 valence electrons. The normalized spacial score (nSPS) is 14.5. The number of benzene rings is 1. The highest BCUT2D eigenvalue weighted by Gasteiger charge is 2.26. The van der Waals surface area contributed by atoms with Crippen molar-refractivity contribution in [3.05, 3.63) is 40.3 Å². The highest BCUT2D eigenvalue weighted by atomic mass is 32.2. The number of rotatable bonds is 3. The molecule has 3 rings (SSSR count). The number of carbonyl (C=O) groups excluding carboxylic acids is 2. The number of para-hydroxylation sites is 1. The summed E-state index contributed by atoms with van der Waals surface area (Å²) < 4.78 is 0. The van der Waals surface area contributed by atoms with Crippen molar-refractivity contribution in [1.29, 1.82) is 0 Å². The number of hydrogen-bond donors (Lipinski definition) is 1. The summed E-state index contributed by atoms with van der Waals surface area (Å²) in [5, 5.41) is 5.39. The summed E-state index contributed by atoms with van der Waals surface area (Å²) in [4.78, 5) is 31.7. The Morgan fingerprint density at radius 1 is 1.33 bits per heavy atom. The molecular weight excluding hydrogens is 342 g/mol. The lowest BCUT2D eigenvalue weighted by atomic mass is 10.1. The molecule has 2 heterocycles. The number of anilines is 1. The van der Waals surface area contributed by atoms with E-state index in [1.807, 2.05) is 45.0 Å². The van der Waals surface area contributed by atoms with Crippen LogP contribution in [-0.2, 0) is 11.3 Å². The molecule has 1 aromatic heterocycles. The molecule has 0 fully saturated rings. The van der Waals surface area contributed by atoms with Crippen LogP contribution < -0.4 is 10.2 Å². The van der Waals surface area contributed by atoms with Gasteiger partial charge < -0.3 is 10.2 Å². The van der Waals surface area contributed by atoms with Crippen molar-refractivity contribution in [2.75, 3.05) is 10.7 Å². The molecule has 0 saturated carbocycles. The van der Waals surface area contributed by atoms with Gasteiger partial charge in [-0.15, -0.1) is 23.1 Å². The van der Waals surface area contributed by atoms with Gasteiger partial charge in [-0.25, -0.2) is 4.98 Å². The molecule has 1 aliphatic heterocycles. The molecule has 0 radical (unpaired) electrons. The number of thiazole rings is 1. The second-order valence-corrected chi connectivity index (χ2v) is 8.53. The first kappa shape index (κ1) is 17.0. The van der Waals surface area contributed by atoms with Crippen LogP contribution in [0, 0.1) is 0 Å². The number of thioether (sulfide) groups is 1. The number of carbonyl (C=O) groups is 2. The highest BCUT2D eigenvalue weighted by Crippen LogP contribution is 2.35. The fraction of sp³-hybridized carbons (Fsp3) is 0.353. The number of nitrogens with zero attached hydrogens (tertiary/aromatic N) is 2. The zero-order valence-electron chi connectivity index (χ0n) is 13.8. The first-order valence-electron chi connectivity index (χ1n) is 7.62. The van der Waals surface area contributed by atoms with Crippen LogP contribution in [0.25, 0.3) is 0 Å². The van der Waals surface area contributed by atoms with Gasteiger partial charge in [0, 0.05) is 15.8 Å². The number of hydrogen-bond acceptors (Lipinski definition) is 5. The van der Waals surface area contributed by atoms with Crippen LogP contribution >= 0.6 is 23.1 Å². The van der Waals surface area contributed by atoms with Gasteiger partial charge in [0.05, 0.1) is 18.0 Å². The van der Waals surface area contributed by atoms with Crippen molar-refractivity contribution in [3.8, 4) is 0 Å². The molecule has 0 atom stereocenters. The van der Waals surface area contributed by atoms with Crippen LogP contribution in [-0.4, -0.2) is 28.1 Å². The van der Waals surface area contributed by atoms with E-state index in [-0.39, 0.29) is 17.4 Å². The first-order chi connectivity index (χ1) is 11.3. The maximum Gasteiger partial charge on any atom is 0.271 e. The zero-order valence-corrected chi connectivity index (χ0v) is 15.5. The molecule has 1 aromatic carbocycles. The maximum atomic E-state index is 12.3. The van der Waals surface area contributed by atoms with E-state index in [9.17, 15) is 9.59 Å². The Labute approximate surface area is 149 Å². The average molecular weight is 361 g/mol. The number of aromatic nitrogens is 1. The summed E-state index contributed by atoms with van der Waals surface area (Å²) in [5.74, 6) is 0.306. The van der Waals surface area contributed by atoms with Gasteiger partial charge in [0.2, 0.25) is 5.91 Å². The molecule has 5 nitrogen and oxygen atoms in total. The fourth-order valence-electron chi connectivity index (χ4n) is 2.35. The molecule has 0 saturated heterocycles. The van der Waals surface area contributed by atoms with Crippen LogP contribution in [0.2, 0.25) is 0 Å². The predicted octanol–water partition coefficient (Wildman–Crippen LogP) is 3.31. The van der Waals surface area contributed by atoms with Crippen LogP contribution in [0.15, 0.2) is 34.5 Å². The van der Waals surface area contributed by atoms with E-state index >= 15 is 0 Å². The van der Waals surface area contributed by atoms with Crippen molar-refractivity contribution >= 4 is 40.6 Å². The van der Waals surface area contributed by atoms with Crippen LogP contribution in [0.5, 0.6) is 0 Å². The van der Waals surface area contributed by atoms with E-state index in [0.29, 0.717) is 18.0 Å². The summed E-state index contributed by atoms with van der Waals surface area (Å²) in [6.45, 7) is 6.18. The third-order valence-electron chi connectivity index (χ3n) is 3.37. The van der Waals surface area contributed by atoms with Gasteiger partial charge in [0.1, 0.15) is 10.7 Å². The highest BCUT2D eigenvalue weighted by molar-refractivity contribution is 8.00. The van der Waals surface area contributed by atoms with Gasteiger partial charge in [0.25, 0.3) is 5.91 Å². The Balaban J connectivity index is 1.78. The van der Waals surface area contributed by atoms with Crippen LogP contribution in [0.4, 0.5) is 5.69 Å². The van der Waals surface area contributed by atoms with Gasteiger partial charge >= 0.3 is 0 Å². The number of amides is 2. The minimum absolute atomic E-state index is 0.0644. The SMILES string of the molecule is CC(C)(C)NC(=O)c1csc(CN2C(=O)CSc3ccccc32)n1. The second-order valence-electron chi connectivity index (χ2n) is 6.57. The Kier molecular flexibility index (Phi) is 4.64. The molecule has 1 N–H and O–H groups in total. The summed E-state index contributed by atoms with van der Waals surface area (Å²) in [5.41, 5.74) is 1.01. The molecule has 2 aromatic rings. The summed E-state index contributed by atoms with van der Waals surface area (Å²) in [6.07, 6.45) is 0. The van der Waals surface area contributed by atoms with E-state index in [4.69, 9.17) is 0 Å². The monoisotopic (exact) mass is 361 g/mol. The molecule has 0 bridgehead atoms. The molecule has 2 amide bonds. The van der Waals surface area contributed by atoms with Gasteiger partial charge in [-0.05, 0) is 32.9 Å². The fourth-order valence-corrected chi connectivity index (χ4v) is 4.05. The van der Waals surface area contributed by atoms with Gasteiger partial charge in [-0.2, -0.15) is 0 Å². The summed E-state index contributed by atoms with van der Waals surface area (Å²) in [7, 11) is 0. The van der Waals surface area contributed by atoms with Crippen molar-refractivity contribution in [2.24, 2.45) is 0 Å². The second kappa shape index (κ2) is 6.57. The average Bonchev–Trinajstić information content (AvgIpc) is 2.97. The molecular formula is C17H19N3O2S2. The topological polar surface area (TPSA) is 62.3 Å². The lowest BCUT2D eigenvalue weighted by molar-refractivity contribution is -0.116. The minimum Gasteiger partial charge on any atom is -0.346 e. The Morgan fingerprint density at radius 2 is 2.08 bits per heavy atom. The van der Waals surface area contributed by atoms with Crippen LogP contribution in [0.3, 0.4) is 0 Å². The quantitative estimate of drug-likeness (QED) is 0.911. The maximum absolute atomic E-state index is 12.3. The molecule has 0 spiro atoms. The van der Waals surface area contributed by atoms with Crippen molar-refractivity contribution in [3.63, 3.8) is 0 Å². The standard InChI is InChI=1S/C17H19N3O2S2/c1-17(2,3)19-16(22)11-9-24-14(18-11)8-20-12-6-4-5-7-13(12)23-10-15(20)21/h4-7,9H,8,10H2,1-3H3,(H,19,22). The van der Waals surface area contributed by atoms with E-state index in [1.54, 1.807) is 22.0 Å². The van der Waals surface area contributed by atoms with E-state index < -0.39 is 0 Å². The third-order valence-corrected chi connectivity index (χ3v) is 5.26. The third kappa shape index (κ3) is 3.79. The van der Waals surface area contributed by atoms with Crippen molar-refractivity contribution in [2.45, 2.75) is 37.8 Å². The first-order valence-corrected chi connectivity index (χ1v) is 9.49. The molecule has 0 aliphatic carbocycles. The predicted molar refractivity (Wildman–Crippen MR) is 97.7 cm³/mol. The smallest absolute Gasteiger partial charge is 0.271 e. The Hall–Kier alpha value is -1.86. The Bertz CT molecular complexity index is 780. The Morgan fingerprint density at radius 3 is 2.83 bits per heavy atom. The number of fused-ring (bicyclic) bond motifs is 1. The van der Waals surface area contributed by atoms with E-state index in [1.165, 1.54) is 11.3 Å². The van der Waals surface area contributed by atoms with Crippen LogP contribution in [0.1, 0.15) is 36.3 Å². The van der Waals surface area contributed by atoms with E-state index in [2.05, 4.69) is 10.3 Å². The van der Waals surface area contributed by atoms with Crippen molar-refractivity contribution in [1.82, 2.24) is 10.3 Å². The van der Waals surface area contributed by atoms with Gasteiger partial charge in [-0.3, -0.25) is 9.59 Å². The number of nitrogens with one attached hydrogen (secondary N) is 1. The van der Waals surface area contributed by atoms with Gasteiger partial charge in [-0.1, -0.05) is 12.1 Å². The molecule has 1 aliphatic rings. The lowest BCUT2D eigenvalue weighted by Gasteiger charge is -2.28. The largest absolute Gasteiger partial charge is 0.346 e. The molecule has 0 unspecified atom stereocenters. The molecule has 7 heteroatoms. The lowest BCUT2D eigenvalue weighted by Crippen LogP contribution is -2.40. The van der Waals surface area contributed by atoms with Gasteiger partial charge in [0.15, 0.2) is 0 Å². The minimum atomic E-state index is -0.306.